The first-order chi connectivity index (χ1) is 8.90. The molecule has 100 valence electrons. The Morgan fingerprint density at radius 2 is 2.00 bits per heavy atom. The number of nitrogen functional groups attached to an aromatic ring is 1. The van der Waals surface area contributed by atoms with Crippen LogP contribution in [0.25, 0.3) is 0 Å². The molecule has 19 heavy (non-hydrogen) atoms. The van der Waals surface area contributed by atoms with Gasteiger partial charge in [0.15, 0.2) is 5.82 Å². The molecule has 0 aliphatic carbocycles. The van der Waals surface area contributed by atoms with E-state index in [0.717, 1.165) is 6.07 Å². The Balaban J connectivity index is 2.38. The largest absolute Gasteiger partial charge is 0.395 e. The maximum atomic E-state index is 13.2. The Bertz CT molecular complexity index is 706. The molecule has 2 aromatic rings. The molecule has 0 bridgehead atoms. The number of para-hydroxylation sites is 1. The molecule has 0 unspecified atom stereocenters. The number of nitrogens with zero attached hydrogens (tertiary/aromatic N) is 2. The van der Waals surface area contributed by atoms with Crippen molar-refractivity contribution >= 4 is 37.5 Å². The van der Waals surface area contributed by atoms with Crippen LogP contribution in [0.3, 0.4) is 0 Å². The van der Waals surface area contributed by atoms with Crippen molar-refractivity contribution in [1.29, 1.82) is 0 Å². The third-order valence-electron chi connectivity index (χ3n) is 2.16. The van der Waals surface area contributed by atoms with Crippen LogP contribution in [0.5, 0.6) is 0 Å². The maximum Gasteiger partial charge on any atom is 0.265 e. The van der Waals surface area contributed by atoms with E-state index < -0.39 is 21.5 Å². The van der Waals surface area contributed by atoms with Crippen LogP contribution in [0.1, 0.15) is 0 Å². The van der Waals surface area contributed by atoms with Crippen molar-refractivity contribution < 1.29 is 12.8 Å². The van der Waals surface area contributed by atoms with E-state index in [1.165, 1.54) is 24.5 Å². The van der Waals surface area contributed by atoms with Crippen molar-refractivity contribution in [2.75, 3.05) is 10.5 Å². The van der Waals surface area contributed by atoms with Crippen LogP contribution >= 0.6 is 15.9 Å². The summed E-state index contributed by atoms with van der Waals surface area (Å²) in [4.78, 5) is 7.28. The minimum absolute atomic E-state index is 0.00635. The summed E-state index contributed by atoms with van der Waals surface area (Å²) in [5, 5.41) is 0. The highest BCUT2D eigenvalue weighted by Crippen LogP contribution is 2.23. The second kappa shape index (κ2) is 5.10. The van der Waals surface area contributed by atoms with Gasteiger partial charge in [-0.15, -0.1) is 0 Å². The summed E-state index contributed by atoms with van der Waals surface area (Å²) in [6.45, 7) is 0. The molecule has 0 aliphatic rings. The van der Waals surface area contributed by atoms with E-state index in [4.69, 9.17) is 5.73 Å². The molecule has 2 rings (SSSR count). The van der Waals surface area contributed by atoms with Gasteiger partial charge in [0.2, 0.25) is 0 Å². The van der Waals surface area contributed by atoms with E-state index in [0.29, 0.717) is 4.60 Å². The fourth-order valence-electron chi connectivity index (χ4n) is 1.31. The lowest BCUT2D eigenvalue weighted by Gasteiger charge is -2.09. The molecule has 0 saturated heterocycles. The molecule has 0 amide bonds. The zero-order valence-corrected chi connectivity index (χ0v) is 11.7. The SMILES string of the molecule is Nc1c(F)cccc1S(=O)(=O)Nc1cnc(Br)cn1. The van der Waals surface area contributed by atoms with Crippen molar-refractivity contribution in [3.05, 3.63) is 41.0 Å². The fourth-order valence-corrected chi connectivity index (χ4v) is 2.65. The van der Waals surface area contributed by atoms with E-state index in [9.17, 15) is 12.8 Å². The van der Waals surface area contributed by atoms with Gasteiger partial charge in [0, 0.05) is 0 Å². The molecule has 0 fully saturated rings. The number of sulfonamides is 1. The van der Waals surface area contributed by atoms with Gasteiger partial charge in [-0.25, -0.2) is 22.8 Å². The molecule has 0 aliphatic heterocycles. The van der Waals surface area contributed by atoms with Crippen molar-refractivity contribution in [3.63, 3.8) is 0 Å². The van der Waals surface area contributed by atoms with Gasteiger partial charge in [-0.3, -0.25) is 4.72 Å². The first kappa shape index (κ1) is 13.7. The lowest BCUT2D eigenvalue weighted by molar-refractivity contribution is 0.597. The number of anilines is 2. The van der Waals surface area contributed by atoms with Gasteiger partial charge in [0.05, 0.1) is 18.1 Å². The molecule has 1 aromatic heterocycles. The molecule has 0 radical (unpaired) electrons. The third kappa shape index (κ3) is 2.99. The summed E-state index contributed by atoms with van der Waals surface area (Å²) in [6, 6.07) is 3.54. The first-order valence-electron chi connectivity index (χ1n) is 4.94. The number of aromatic nitrogens is 2. The second-order valence-electron chi connectivity index (χ2n) is 3.48. The minimum Gasteiger partial charge on any atom is -0.395 e. The zero-order chi connectivity index (χ0) is 14.0. The zero-order valence-electron chi connectivity index (χ0n) is 9.34. The lowest BCUT2D eigenvalue weighted by Crippen LogP contribution is -2.16. The summed E-state index contributed by atoms with van der Waals surface area (Å²) in [5.74, 6) is -0.795. The van der Waals surface area contributed by atoms with E-state index in [-0.39, 0.29) is 10.7 Å². The highest BCUT2D eigenvalue weighted by molar-refractivity contribution is 9.10. The number of rotatable bonds is 3. The molecule has 9 heteroatoms. The highest BCUT2D eigenvalue weighted by atomic mass is 79.9. The fraction of sp³-hybridized carbons (Fsp3) is 0. The monoisotopic (exact) mass is 346 g/mol. The topological polar surface area (TPSA) is 98.0 Å². The molecular formula is C10H8BrFN4O2S. The molecule has 3 N–H and O–H groups in total. The highest BCUT2D eigenvalue weighted by Gasteiger charge is 2.20. The average molecular weight is 347 g/mol. The average Bonchev–Trinajstić information content (AvgIpc) is 2.35. The number of hydrogen-bond donors (Lipinski definition) is 2. The Kier molecular flexibility index (Phi) is 3.67. The Hall–Kier alpha value is -1.74. The predicted octanol–water partition coefficient (Wildman–Crippen LogP) is 1.76. The predicted molar refractivity (Wildman–Crippen MR) is 71.4 cm³/mol. The summed E-state index contributed by atoms with van der Waals surface area (Å²) >= 11 is 3.07. The van der Waals surface area contributed by atoms with Crippen LogP contribution in [0.15, 0.2) is 40.1 Å². The summed E-state index contributed by atoms with van der Waals surface area (Å²) < 4.78 is 39.9. The van der Waals surface area contributed by atoms with Crippen LogP contribution in [-0.4, -0.2) is 18.4 Å². The number of nitrogens with one attached hydrogen (secondary N) is 1. The molecule has 1 heterocycles. The summed E-state index contributed by atoms with van der Waals surface area (Å²) in [7, 11) is -4.01. The summed E-state index contributed by atoms with van der Waals surface area (Å²) in [5.41, 5.74) is 4.96. The van der Waals surface area contributed by atoms with E-state index in [1.807, 2.05) is 0 Å². The molecule has 0 atom stereocenters. The van der Waals surface area contributed by atoms with Gasteiger partial charge in [0.25, 0.3) is 10.0 Å². The molecule has 6 nitrogen and oxygen atoms in total. The lowest BCUT2D eigenvalue weighted by atomic mass is 10.3. The minimum atomic E-state index is -4.01. The van der Waals surface area contributed by atoms with Crippen molar-refractivity contribution in [1.82, 2.24) is 9.97 Å². The standard InChI is InChI=1S/C10H8BrFN4O2S/c11-8-4-15-9(5-14-8)16-19(17,18)7-3-1-2-6(12)10(7)13/h1-5H,13H2,(H,15,16). The molecule has 0 saturated carbocycles. The Labute approximate surface area is 117 Å². The van der Waals surface area contributed by atoms with Gasteiger partial charge in [-0.05, 0) is 28.1 Å². The van der Waals surface area contributed by atoms with E-state index in [2.05, 4.69) is 30.6 Å². The van der Waals surface area contributed by atoms with Crippen LogP contribution in [0, 0.1) is 5.82 Å². The van der Waals surface area contributed by atoms with Crippen molar-refractivity contribution in [2.24, 2.45) is 0 Å². The normalized spacial score (nSPS) is 11.3. The maximum absolute atomic E-state index is 13.2. The van der Waals surface area contributed by atoms with E-state index in [1.54, 1.807) is 0 Å². The summed E-state index contributed by atoms with van der Waals surface area (Å²) in [6.07, 6.45) is 2.55. The van der Waals surface area contributed by atoms with Gasteiger partial charge < -0.3 is 5.73 Å². The Morgan fingerprint density at radius 3 is 2.63 bits per heavy atom. The van der Waals surface area contributed by atoms with Crippen LogP contribution in [-0.2, 0) is 10.0 Å². The number of hydrogen-bond acceptors (Lipinski definition) is 5. The number of nitrogens with two attached hydrogens (primary N) is 1. The van der Waals surface area contributed by atoms with Gasteiger partial charge in [-0.2, -0.15) is 0 Å². The van der Waals surface area contributed by atoms with Crippen LogP contribution in [0.4, 0.5) is 15.9 Å². The van der Waals surface area contributed by atoms with Crippen LogP contribution < -0.4 is 10.5 Å². The van der Waals surface area contributed by atoms with Crippen molar-refractivity contribution in [3.8, 4) is 0 Å². The first-order valence-corrected chi connectivity index (χ1v) is 7.22. The van der Waals surface area contributed by atoms with E-state index >= 15 is 0 Å². The number of halogens is 2. The van der Waals surface area contributed by atoms with Crippen LogP contribution in [0.2, 0.25) is 0 Å². The van der Waals surface area contributed by atoms with Gasteiger partial charge in [-0.1, -0.05) is 6.07 Å². The molecular weight excluding hydrogens is 339 g/mol. The van der Waals surface area contributed by atoms with Gasteiger partial charge in [0.1, 0.15) is 15.3 Å². The molecule has 0 spiro atoms. The van der Waals surface area contributed by atoms with Crippen molar-refractivity contribution in [2.45, 2.75) is 4.90 Å². The number of benzene rings is 1. The van der Waals surface area contributed by atoms with Gasteiger partial charge >= 0.3 is 0 Å². The smallest absolute Gasteiger partial charge is 0.265 e. The second-order valence-corrected chi connectivity index (χ2v) is 5.94. The third-order valence-corrected chi connectivity index (χ3v) is 3.98. The Morgan fingerprint density at radius 1 is 1.26 bits per heavy atom. The quantitative estimate of drug-likeness (QED) is 0.825. The molecule has 1 aromatic carbocycles.